The van der Waals surface area contributed by atoms with Gasteiger partial charge in [0.15, 0.2) is 0 Å². The summed E-state index contributed by atoms with van der Waals surface area (Å²) in [5.74, 6) is 0.320. The van der Waals surface area contributed by atoms with Gasteiger partial charge < -0.3 is 14.9 Å². The van der Waals surface area contributed by atoms with Crippen LogP contribution in [-0.4, -0.2) is 59.0 Å². The van der Waals surface area contributed by atoms with Gasteiger partial charge in [-0.1, -0.05) is 25.7 Å². The SMILES string of the molecule is CN(CC(O)C1CC1)C(=O)C1CC(=O)N(C2CCCCCC2)C1. The van der Waals surface area contributed by atoms with E-state index in [0.29, 0.717) is 31.5 Å². The number of aliphatic hydroxyl groups excluding tert-OH is 1. The lowest BCUT2D eigenvalue weighted by atomic mass is 10.1. The normalized spacial score (nSPS) is 27.8. The van der Waals surface area contributed by atoms with Crippen molar-refractivity contribution in [3.63, 3.8) is 0 Å². The Kier molecular flexibility index (Phi) is 5.24. The second-order valence-electron chi connectivity index (χ2n) is 7.72. The van der Waals surface area contributed by atoms with Crippen molar-refractivity contribution in [2.45, 2.75) is 69.9 Å². The Bertz CT molecular complexity index is 442. The van der Waals surface area contributed by atoms with Crippen molar-refractivity contribution in [2.75, 3.05) is 20.1 Å². The van der Waals surface area contributed by atoms with Gasteiger partial charge in [0, 0.05) is 32.6 Å². The third-order valence-electron chi connectivity index (χ3n) is 5.78. The van der Waals surface area contributed by atoms with Crippen LogP contribution in [0.3, 0.4) is 0 Å². The molecule has 5 nitrogen and oxygen atoms in total. The third kappa shape index (κ3) is 4.06. The molecule has 3 fully saturated rings. The van der Waals surface area contributed by atoms with Crippen molar-refractivity contribution in [3.05, 3.63) is 0 Å². The molecule has 2 unspecified atom stereocenters. The molecular formula is C18H30N2O3. The highest BCUT2D eigenvalue weighted by molar-refractivity contribution is 5.89. The average Bonchev–Trinajstić information content (AvgIpc) is 3.33. The molecule has 5 heteroatoms. The van der Waals surface area contributed by atoms with Crippen molar-refractivity contribution in [2.24, 2.45) is 11.8 Å². The molecule has 3 aliphatic rings. The quantitative estimate of drug-likeness (QED) is 0.785. The highest BCUT2D eigenvalue weighted by atomic mass is 16.3. The first kappa shape index (κ1) is 16.7. The fraction of sp³-hybridized carbons (Fsp3) is 0.889. The van der Waals surface area contributed by atoms with Gasteiger partial charge >= 0.3 is 0 Å². The minimum Gasteiger partial charge on any atom is -0.391 e. The van der Waals surface area contributed by atoms with E-state index in [4.69, 9.17) is 0 Å². The molecule has 130 valence electrons. The van der Waals surface area contributed by atoms with Crippen LogP contribution in [0.1, 0.15) is 57.8 Å². The largest absolute Gasteiger partial charge is 0.391 e. The lowest BCUT2D eigenvalue weighted by Crippen LogP contribution is -2.41. The highest BCUT2D eigenvalue weighted by Crippen LogP contribution is 2.33. The van der Waals surface area contributed by atoms with Crippen LogP contribution in [0.5, 0.6) is 0 Å². The summed E-state index contributed by atoms with van der Waals surface area (Å²) in [6, 6.07) is 0.338. The summed E-state index contributed by atoms with van der Waals surface area (Å²) in [5.41, 5.74) is 0. The van der Waals surface area contributed by atoms with Crippen molar-refractivity contribution < 1.29 is 14.7 Å². The standard InChI is InChI=1S/C18H30N2O3/c1-19(12-16(21)13-8-9-13)18(23)14-10-17(22)20(11-14)15-6-4-2-3-5-7-15/h13-16,21H,2-12H2,1H3. The Morgan fingerprint density at radius 2 is 1.87 bits per heavy atom. The zero-order chi connectivity index (χ0) is 16.4. The van der Waals surface area contributed by atoms with E-state index < -0.39 is 6.10 Å². The molecule has 2 aliphatic carbocycles. The Morgan fingerprint density at radius 3 is 2.48 bits per heavy atom. The topological polar surface area (TPSA) is 60.9 Å². The van der Waals surface area contributed by atoms with Gasteiger partial charge in [0.05, 0.1) is 12.0 Å². The van der Waals surface area contributed by atoms with Gasteiger partial charge in [0.2, 0.25) is 11.8 Å². The van der Waals surface area contributed by atoms with Crippen LogP contribution in [0.15, 0.2) is 0 Å². The van der Waals surface area contributed by atoms with E-state index in [1.165, 1.54) is 25.7 Å². The van der Waals surface area contributed by atoms with Gasteiger partial charge in [0.1, 0.15) is 0 Å². The molecule has 0 spiro atoms. The summed E-state index contributed by atoms with van der Waals surface area (Å²) in [5, 5.41) is 10.0. The molecule has 2 saturated carbocycles. The van der Waals surface area contributed by atoms with Crippen LogP contribution in [0.4, 0.5) is 0 Å². The van der Waals surface area contributed by atoms with Crippen molar-refractivity contribution in [1.82, 2.24) is 9.80 Å². The van der Waals surface area contributed by atoms with E-state index in [0.717, 1.165) is 25.7 Å². The minimum atomic E-state index is -0.404. The third-order valence-corrected chi connectivity index (χ3v) is 5.78. The fourth-order valence-electron chi connectivity index (χ4n) is 4.13. The Morgan fingerprint density at radius 1 is 1.22 bits per heavy atom. The molecular weight excluding hydrogens is 292 g/mol. The van der Waals surface area contributed by atoms with Gasteiger partial charge in [-0.2, -0.15) is 0 Å². The molecule has 2 atom stereocenters. The molecule has 0 aromatic carbocycles. The maximum absolute atomic E-state index is 12.6. The minimum absolute atomic E-state index is 0.0224. The highest BCUT2D eigenvalue weighted by Gasteiger charge is 2.39. The Hall–Kier alpha value is -1.10. The van der Waals surface area contributed by atoms with Crippen LogP contribution < -0.4 is 0 Å². The molecule has 1 heterocycles. The first-order valence-corrected chi connectivity index (χ1v) is 9.28. The molecule has 0 aromatic heterocycles. The number of carbonyl (C=O) groups is 2. The van der Waals surface area contributed by atoms with Crippen molar-refractivity contribution >= 4 is 11.8 Å². The van der Waals surface area contributed by atoms with Gasteiger partial charge in [-0.25, -0.2) is 0 Å². The molecule has 0 aromatic rings. The van der Waals surface area contributed by atoms with Crippen molar-refractivity contribution in [1.29, 1.82) is 0 Å². The number of hydrogen-bond donors (Lipinski definition) is 1. The van der Waals surface area contributed by atoms with Crippen LogP contribution in [-0.2, 0) is 9.59 Å². The van der Waals surface area contributed by atoms with E-state index in [1.54, 1.807) is 11.9 Å². The number of amides is 2. The molecule has 3 rings (SSSR count). The summed E-state index contributed by atoms with van der Waals surface area (Å²) >= 11 is 0. The summed E-state index contributed by atoms with van der Waals surface area (Å²) in [4.78, 5) is 28.6. The Labute approximate surface area is 139 Å². The van der Waals surface area contributed by atoms with E-state index in [2.05, 4.69) is 0 Å². The second-order valence-corrected chi connectivity index (χ2v) is 7.72. The average molecular weight is 322 g/mol. The number of nitrogens with zero attached hydrogens (tertiary/aromatic N) is 2. The van der Waals surface area contributed by atoms with Gasteiger partial charge in [-0.05, 0) is 31.6 Å². The first-order valence-electron chi connectivity index (χ1n) is 9.28. The number of carbonyl (C=O) groups excluding carboxylic acids is 2. The van der Waals surface area contributed by atoms with Crippen LogP contribution >= 0.6 is 0 Å². The molecule has 1 N–H and O–H groups in total. The molecule has 2 amide bonds. The zero-order valence-corrected chi connectivity index (χ0v) is 14.2. The summed E-state index contributed by atoms with van der Waals surface area (Å²) in [6.45, 7) is 0.976. The lowest BCUT2D eigenvalue weighted by Gasteiger charge is -2.28. The zero-order valence-electron chi connectivity index (χ0n) is 14.2. The Balaban J connectivity index is 1.54. The van der Waals surface area contributed by atoms with E-state index >= 15 is 0 Å². The predicted molar refractivity (Wildman–Crippen MR) is 87.7 cm³/mol. The fourth-order valence-corrected chi connectivity index (χ4v) is 4.13. The lowest BCUT2D eigenvalue weighted by molar-refractivity contribution is -0.136. The predicted octanol–water partition coefficient (Wildman–Crippen LogP) is 1.79. The number of hydrogen-bond acceptors (Lipinski definition) is 3. The second kappa shape index (κ2) is 7.20. The van der Waals surface area contributed by atoms with Gasteiger partial charge in [-0.15, -0.1) is 0 Å². The monoisotopic (exact) mass is 322 g/mol. The molecule has 0 radical (unpaired) electrons. The number of rotatable bonds is 5. The smallest absolute Gasteiger partial charge is 0.227 e. The van der Waals surface area contributed by atoms with E-state index in [9.17, 15) is 14.7 Å². The van der Waals surface area contributed by atoms with Crippen LogP contribution in [0, 0.1) is 11.8 Å². The number of aliphatic hydroxyl groups is 1. The number of likely N-dealkylation sites (tertiary alicyclic amines) is 1. The van der Waals surface area contributed by atoms with E-state index in [1.807, 2.05) is 4.90 Å². The van der Waals surface area contributed by atoms with E-state index in [-0.39, 0.29) is 17.7 Å². The van der Waals surface area contributed by atoms with Gasteiger partial charge in [0.25, 0.3) is 0 Å². The maximum Gasteiger partial charge on any atom is 0.227 e. The molecule has 1 saturated heterocycles. The van der Waals surface area contributed by atoms with Gasteiger partial charge in [-0.3, -0.25) is 9.59 Å². The molecule has 23 heavy (non-hydrogen) atoms. The van der Waals surface area contributed by atoms with Crippen LogP contribution in [0.25, 0.3) is 0 Å². The first-order chi connectivity index (χ1) is 11.1. The summed E-state index contributed by atoms with van der Waals surface area (Å²) < 4.78 is 0. The number of likely N-dealkylation sites (N-methyl/N-ethyl adjacent to an activating group) is 1. The molecule has 0 bridgehead atoms. The van der Waals surface area contributed by atoms with Crippen LogP contribution in [0.2, 0.25) is 0 Å². The van der Waals surface area contributed by atoms with Crippen molar-refractivity contribution in [3.8, 4) is 0 Å². The summed E-state index contributed by atoms with van der Waals surface area (Å²) in [6.07, 6.45) is 9.18. The molecule has 1 aliphatic heterocycles. The maximum atomic E-state index is 12.6. The summed E-state index contributed by atoms with van der Waals surface area (Å²) in [7, 11) is 1.76.